The Kier molecular flexibility index (Phi) is 4.89. The van der Waals surface area contributed by atoms with E-state index in [-0.39, 0.29) is 24.0 Å². The van der Waals surface area contributed by atoms with Gasteiger partial charge in [0.15, 0.2) is 0 Å². The number of pyridine rings is 1. The molecule has 26 heavy (non-hydrogen) atoms. The Hall–Kier alpha value is -2.40. The van der Waals surface area contributed by atoms with Gasteiger partial charge < -0.3 is 14.8 Å². The molecule has 1 aliphatic heterocycles. The highest BCUT2D eigenvalue weighted by atomic mass is 16.5. The fourth-order valence-electron chi connectivity index (χ4n) is 3.45. The second kappa shape index (κ2) is 7.46. The van der Waals surface area contributed by atoms with Gasteiger partial charge in [0, 0.05) is 24.6 Å². The Morgan fingerprint density at radius 1 is 1.27 bits per heavy atom. The molecule has 5 nitrogen and oxygen atoms in total. The second-order valence-corrected chi connectivity index (χ2v) is 7.12. The van der Waals surface area contributed by atoms with Gasteiger partial charge in [-0.2, -0.15) is 0 Å². The molecule has 0 bridgehead atoms. The lowest BCUT2D eigenvalue weighted by Crippen LogP contribution is -2.28. The molecule has 1 saturated carbocycles. The van der Waals surface area contributed by atoms with Crippen molar-refractivity contribution in [3.8, 4) is 5.88 Å². The summed E-state index contributed by atoms with van der Waals surface area (Å²) in [7, 11) is 0. The smallest absolute Gasteiger partial charge is 0.224 e. The van der Waals surface area contributed by atoms with E-state index in [0.29, 0.717) is 18.4 Å². The number of benzene rings is 1. The predicted molar refractivity (Wildman–Crippen MR) is 97.9 cm³/mol. The van der Waals surface area contributed by atoms with Crippen LogP contribution in [0.5, 0.6) is 5.88 Å². The third-order valence-electron chi connectivity index (χ3n) is 5.15. The van der Waals surface area contributed by atoms with Crippen LogP contribution in [0.3, 0.4) is 0 Å². The predicted octanol–water partition coefficient (Wildman–Crippen LogP) is 3.23. The topological polar surface area (TPSA) is 60.5 Å². The van der Waals surface area contributed by atoms with Gasteiger partial charge in [-0.15, -0.1) is 0 Å². The highest BCUT2D eigenvalue weighted by molar-refractivity contribution is 5.83. The Morgan fingerprint density at radius 2 is 2.12 bits per heavy atom. The Morgan fingerprint density at radius 3 is 2.81 bits per heavy atom. The van der Waals surface area contributed by atoms with Gasteiger partial charge in [-0.25, -0.2) is 4.98 Å². The maximum absolute atomic E-state index is 12.5. The van der Waals surface area contributed by atoms with Gasteiger partial charge >= 0.3 is 0 Å². The number of hydrogen-bond acceptors (Lipinski definition) is 4. The highest BCUT2D eigenvalue weighted by Crippen LogP contribution is 2.47. The van der Waals surface area contributed by atoms with E-state index in [1.165, 1.54) is 5.56 Å². The Bertz CT molecular complexity index is 742. The molecule has 136 valence electrons. The van der Waals surface area contributed by atoms with E-state index in [9.17, 15) is 4.79 Å². The van der Waals surface area contributed by atoms with Crippen LogP contribution in [0.2, 0.25) is 0 Å². The van der Waals surface area contributed by atoms with Crippen LogP contribution in [0, 0.1) is 5.92 Å². The molecular weight excluding hydrogens is 328 g/mol. The molecule has 1 saturated heterocycles. The lowest BCUT2D eigenvalue weighted by molar-refractivity contribution is -0.123. The summed E-state index contributed by atoms with van der Waals surface area (Å²) in [6.45, 7) is 3.36. The van der Waals surface area contributed by atoms with Crippen molar-refractivity contribution in [3.05, 3.63) is 59.8 Å². The molecule has 2 aliphatic rings. The van der Waals surface area contributed by atoms with Gasteiger partial charge in [-0.3, -0.25) is 4.79 Å². The van der Waals surface area contributed by atoms with Crippen LogP contribution >= 0.6 is 0 Å². The number of hydrogen-bond donors (Lipinski definition) is 1. The highest BCUT2D eigenvalue weighted by Gasteiger charge is 2.44. The van der Waals surface area contributed by atoms with Crippen LogP contribution in [0.15, 0.2) is 48.7 Å². The van der Waals surface area contributed by atoms with Crippen molar-refractivity contribution in [1.29, 1.82) is 0 Å². The van der Waals surface area contributed by atoms with Crippen molar-refractivity contribution in [2.75, 3.05) is 13.2 Å². The summed E-state index contributed by atoms with van der Waals surface area (Å²) in [5.74, 6) is 1.16. The molecule has 0 spiro atoms. The fraction of sp³-hybridized carbons (Fsp3) is 0.429. The number of nitrogens with one attached hydrogen (secondary N) is 1. The van der Waals surface area contributed by atoms with Gasteiger partial charge in [0.2, 0.25) is 11.8 Å². The Balaban J connectivity index is 1.30. The zero-order valence-electron chi connectivity index (χ0n) is 14.9. The summed E-state index contributed by atoms with van der Waals surface area (Å²) in [5, 5.41) is 3.11. The normalized spacial score (nSPS) is 25.5. The van der Waals surface area contributed by atoms with E-state index in [2.05, 4.69) is 22.4 Å². The summed E-state index contributed by atoms with van der Waals surface area (Å²) in [5.41, 5.74) is 2.23. The van der Waals surface area contributed by atoms with E-state index in [0.717, 1.165) is 25.0 Å². The first kappa shape index (κ1) is 17.0. The molecule has 4 rings (SSSR count). The van der Waals surface area contributed by atoms with Gasteiger partial charge in [-0.05, 0) is 30.4 Å². The lowest BCUT2D eigenvalue weighted by Gasteiger charge is -2.15. The zero-order valence-corrected chi connectivity index (χ0v) is 14.9. The third kappa shape index (κ3) is 3.88. The van der Waals surface area contributed by atoms with Crippen molar-refractivity contribution in [2.24, 2.45) is 5.92 Å². The monoisotopic (exact) mass is 352 g/mol. The summed E-state index contributed by atoms with van der Waals surface area (Å²) in [4.78, 5) is 16.9. The minimum absolute atomic E-state index is 0.0733. The maximum Gasteiger partial charge on any atom is 0.224 e. The van der Waals surface area contributed by atoms with Crippen LogP contribution in [0.1, 0.15) is 42.9 Å². The third-order valence-corrected chi connectivity index (χ3v) is 5.15. The molecule has 2 heterocycles. The van der Waals surface area contributed by atoms with E-state index in [4.69, 9.17) is 9.47 Å². The van der Waals surface area contributed by atoms with Gasteiger partial charge in [0.05, 0.1) is 19.3 Å². The van der Waals surface area contributed by atoms with Gasteiger partial charge in [0.1, 0.15) is 6.10 Å². The van der Waals surface area contributed by atoms with Crippen molar-refractivity contribution >= 4 is 5.91 Å². The fourth-order valence-corrected chi connectivity index (χ4v) is 3.45. The Labute approximate surface area is 153 Å². The van der Waals surface area contributed by atoms with Crippen LogP contribution in [-0.2, 0) is 9.53 Å². The lowest BCUT2D eigenvalue weighted by atomic mass is 10.1. The van der Waals surface area contributed by atoms with Crippen molar-refractivity contribution in [2.45, 2.75) is 37.8 Å². The standard InChI is InChI=1S/C21H24N2O3/c1-14(16-7-8-20(22-12-16)26-17-9-10-25-13-17)23-21(24)19-11-18(19)15-5-3-2-4-6-15/h2-8,12,14,17-19H,9-11,13H2,1H3,(H,23,24)/t14-,17-,18+,19-/m0/s1. The van der Waals surface area contributed by atoms with Gasteiger partial charge in [-0.1, -0.05) is 36.4 Å². The zero-order chi connectivity index (χ0) is 17.9. The second-order valence-electron chi connectivity index (χ2n) is 7.12. The molecule has 2 fully saturated rings. The van der Waals surface area contributed by atoms with E-state index in [1.54, 1.807) is 6.20 Å². The van der Waals surface area contributed by atoms with Crippen molar-refractivity contribution in [1.82, 2.24) is 10.3 Å². The largest absolute Gasteiger partial charge is 0.472 e. The van der Waals surface area contributed by atoms with Crippen molar-refractivity contribution in [3.63, 3.8) is 0 Å². The number of ether oxygens (including phenoxy) is 2. The van der Waals surface area contributed by atoms with Crippen molar-refractivity contribution < 1.29 is 14.3 Å². The number of rotatable bonds is 6. The first-order valence-electron chi connectivity index (χ1n) is 9.26. The van der Waals surface area contributed by atoms with Crippen LogP contribution in [0.25, 0.3) is 0 Å². The molecule has 0 unspecified atom stereocenters. The molecule has 2 aromatic rings. The maximum atomic E-state index is 12.5. The van der Waals surface area contributed by atoms with Crippen LogP contribution < -0.4 is 10.1 Å². The number of amides is 1. The first-order chi connectivity index (χ1) is 12.7. The molecule has 1 aromatic heterocycles. The quantitative estimate of drug-likeness (QED) is 0.867. The average Bonchev–Trinajstić information content (AvgIpc) is 3.32. The van der Waals surface area contributed by atoms with E-state index < -0.39 is 0 Å². The van der Waals surface area contributed by atoms with E-state index in [1.807, 2.05) is 37.3 Å². The summed E-state index contributed by atoms with van der Waals surface area (Å²) in [6, 6.07) is 14.0. The molecule has 1 amide bonds. The molecule has 4 atom stereocenters. The number of carbonyl (C=O) groups excluding carboxylic acids is 1. The molecule has 5 heteroatoms. The minimum Gasteiger partial charge on any atom is -0.472 e. The number of nitrogens with zero attached hydrogens (tertiary/aromatic N) is 1. The number of aromatic nitrogens is 1. The minimum atomic E-state index is -0.0733. The first-order valence-corrected chi connectivity index (χ1v) is 9.26. The average molecular weight is 352 g/mol. The molecule has 1 aromatic carbocycles. The van der Waals surface area contributed by atoms with Gasteiger partial charge in [0.25, 0.3) is 0 Å². The summed E-state index contributed by atoms with van der Waals surface area (Å²) < 4.78 is 11.1. The molecule has 1 N–H and O–H groups in total. The molecule has 0 radical (unpaired) electrons. The molecular formula is C21H24N2O3. The van der Waals surface area contributed by atoms with Crippen LogP contribution in [-0.4, -0.2) is 30.2 Å². The molecule has 1 aliphatic carbocycles. The SMILES string of the molecule is C[C@H](NC(=O)[C@H]1C[C@@H]1c1ccccc1)c1ccc(O[C@H]2CCOC2)nc1. The summed E-state index contributed by atoms with van der Waals surface area (Å²) in [6.07, 6.45) is 3.70. The van der Waals surface area contributed by atoms with Crippen LogP contribution in [0.4, 0.5) is 0 Å². The summed E-state index contributed by atoms with van der Waals surface area (Å²) >= 11 is 0. The number of carbonyl (C=O) groups is 1. The van der Waals surface area contributed by atoms with E-state index >= 15 is 0 Å².